The summed E-state index contributed by atoms with van der Waals surface area (Å²) in [6.07, 6.45) is 2.97. The number of anilines is 1. The Hall–Kier alpha value is -5.18. The van der Waals surface area contributed by atoms with Crippen LogP contribution in [0.3, 0.4) is 0 Å². The van der Waals surface area contributed by atoms with Gasteiger partial charge in [0.1, 0.15) is 42.9 Å². The van der Waals surface area contributed by atoms with Gasteiger partial charge in [0.15, 0.2) is 0 Å². The van der Waals surface area contributed by atoms with Crippen LogP contribution in [0.25, 0.3) is 0 Å². The Morgan fingerprint density at radius 3 is 2.27 bits per heavy atom. The summed E-state index contributed by atoms with van der Waals surface area (Å²) in [5, 5.41) is 11.4. The lowest BCUT2D eigenvalue weighted by atomic mass is 9.99. The fraction of sp³-hybridized carbons (Fsp3) is 0.513. The minimum atomic E-state index is -1.44. The number of carbonyl (C=O) groups is 7. The molecule has 0 aliphatic carbocycles. The standard InChI is InChI=1S/C39H48ClN7O8/c1-23-19-32-38(53)55-22-29(43-33(48)28(20-25-9-4-3-5-10-25)44-39(54)42-27-15-13-26(40)14-16-27)36(51)46-18-8-12-31(46)37(52)45-17-7-6-11-30(45)34(49)41-24(2)35(50)47(32)21-23/h3-5,9-10,13-16,23-24,28-32H,6-8,11-12,17-22H2,1-2H3,(H,41,49)(H,43,48)(H2,42,44,54). The van der Waals surface area contributed by atoms with Crippen LogP contribution in [0.5, 0.6) is 0 Å². The zero-order valence-electron chi connectivity index (χ0n) is 31.0. The van der Waals surface area contributed by atoms with Gasteiger partial charge in [-0.25, -0.2) is 9.59 Å². The van der Waals surface area contributed by atoms with Crippen molar-refractivity contribution < 1.29 is 38.3 Å². The number of esters is 1. The fourth-order valence-electron chi connectivity index (χ4n) is 7.91. The Labute approximate surface area is 324 Å². The number of cyclic esters (lactones) is 1. The maximum Gasteiger partial charge on any atom is 0.328 e. The van der Waals surface area contributed by atoms with E-state index in [4.69, 9.17) is 16.3 Å². The van der Waals surface area contributed by atoms with Crippen molar-refractivity contribution in [2.45, 2.75) is 95.0 Å². The van der Waals surface area contributed by atoms with Gasteiger partial charge in [0.25, 0.3) is 0 Å². The smallest absolute Gasteiger partial charge is 0.328 e. The molecular weight excluding hydrogens is 730 g/mol. The molecule has 2 aromatic rings. The van der Waals surface area contributed by atoms with Crippen LogP contribution < -0.4 is 21.3 Å². The summed E-state index contributed by atoms with van der Waals surface area (Å²) in [5.74, 6) is -3.51. The van der Waals surface area contributed by atoms with Gasteiger partial charge in [-0.1, -0.05) is 48.9 Å². The first-order chi connectivity index (χ1) is 26.4. The number of urea groups is 1. The van der Waals surface area contributed by atoms with Crippen LogP contribution in [0.4, 0.5) is 10.5 Å². The molecule has 4 heterocycles. The van der Waals surface area contributed by atoms with E-state index < -0.39 is 84.4 Å². The first-order valence-corrected chi connectivity index (χ1v) is 19.3. The average Bonchev–Trinajstić information content (AvgIpc) is 3.83. The van der Waals surface area contributed by atoms with Gasteiger partial charge >= 0.3 is 12.0 Å². The molecule has 7 unspecified atom stereocenters. The summed E-state index contributed by atoms with van der Waals surface area (Å²) >= 11 is 5.99. The molecule has 4 aliphatic heterocycles. The van der Waals surface area contributed by atoms with Crippen LogP contribution in [0.1, 0.15) is 57.9 Å². The van der Waals surface area contributed by atoms with Gasteiger partial charge in [-0.3, -0.25) is 24.0 Å². The van der Waals surface area contributed by atoms with Crippen molar-refractivity contribution >= 4 is 58.8 Å². The van der Waals surface area contributed by atoms with Crippen LogP contribution in [0.15, 0.2) is 54.6 Å². The number of rotatable bonds is 6. The third kappa shape index (κ3) is 9.38. The van der Waals surface area contributed by atoms with Crippen molar-refractivity contribution in [3.05, 3.63) is 65.2 Å². The molecule has 4 aliphatic rings. The van der Waals surface area contributed by atoms with Gasteiger partial charge in [0.2, 0.25) is 29.5 Å². The van der Waals surface area contributed by atoms with Crippen molar-refractivity contribution in [2.75, 3.05) is 31.6 Å². The lowest BCUT2D eigenvalue weighted by molar-refractivity contribution is -0.158. The zero-order valence-corrected chi connectivity index (χ0v) is 31.8. The van der Waals surface area contributed by atoms with Gasteiger partial charge in [0.05, 0.1) is 0 Å². The fourth-order valence-corrected chi connectivity index (χ4v) is 8.03. The molecule has 0 spiro atoms. The van der Waals surface area contributed by atoms with Gasteiger partial charge < -0.3 is 40.7 Å². The van der Waals surface area contributed by atoms with E-state index in [0.29, 0.717) is 55.8 Å². The molecule has 7 atom stereocenters. The van der Waals surface area contributed by atoms with Crippen molar-refractivity contribution in [1.29, 1.82) is 0 Å². The van der Waals surface area contributed by atoms with E-state index in [2.05, 4.69) is 21.3 Å². The van der Waals surface area contributed by atoms with Crippen molar-refractivity contribution in [1.82, 2.24) is 30.7 Å². The number of amides is 7. The number of piperidine rings is 1. The maximum absolute atomic E-state index is 14.5. The third-order valence-electron chi connectivity index (χ3n) is 10.7. The number of benzene rings is 2. The van der Waals surface area contributed by atoms with Gasteiger partial charge in [-0.2, -0.15) is 0 Å². The Balaban J connectivity index is 1.29. The number of nitrogens with one attached hydrogen (secondary N) is 4. The molecule has 16 heteroatoms. The SMILES string of the molecule is CC1CC2C(=O)OCC(NC(=O)C(Cc3ccccc3)NC(=O)Nc3ccc(Cl)cc3)C(=O)N3CCCC3C(=O)N3CCCCC3C(=O)NC(C)C(=O)N2C1. The molecule has 4 saturated heterocycles. The number of hydrogen-bond acceptors (Lipinski definition) is 8. The van der Waals surface area contributed by atoms with E-state index in [1.807, 2.05) is 13.0 Å². The monoisotopic (exact) mass is 777 g/mol. The van der Waals surface area contributed by atoms with Crippen LogP contribution in [0.2, 0.25) is 5.02 Å². The number of ether oxygens (including phenoxy) is 1. The van der Waals surface area contributed by atoms with Crippen molar-refractivity contribution in [3.63, 3.8) is 0 Å². The average molecular weight is 778 g/mol. The highest BCUT2D eigenvalue weighted by atomic mass is 35.5. The molecule has 7 amide bonds. The predicted octanol–water partition coefficient (Wildman–Crippen LogP) is 2.23. The Kier molecular flexibility index (Phi) is 12.6. The molecule has 2 aromatic carbocycles. The van der Waals surface area contributed by atoms with E-state index in [0.717, 1.165) is 5.56 Å². The van der Waals surface area contributed by atoms with Gasteiger partial charge in [0, 0.05) is 36.8 Å². The maximum atomic E-state index is 14.5. The Bertz CT molecular complexity index is 1780. The zero-order chi connectivity index (χ0) is 39.2. The number of halogens is 1. The summed E-state index contributed by atoms with van der Waals surface area (Å²) in [4.78, 5) is 101. The predicted molar refractivity (Wildman–Crippen MR) is 201 cm³/mol. The highest BCUT2D eigenvalue weighted by molar-refractivity contribution is 6.30. The lowest BCUT2D eigenvalue weighted by Gasteiger charge is -2.39. The molecule has 294 valence electrons. The molecule has 4 fully saturated rings. The lowest BCUT2D eigenvalue weighted by Crippen LogP contribution is -2.62. The van der Waals surface area contributed by atoms with Crippen LogP contribution in [-0.4, -0.2) is 119 Å². The normalized spacial score (nSPS) is 27.0. The minimum absolute atomic E-state index is 0.0516. The number of nitrogens with zero attached hydrogens (tertiary/aromatic N) is 3. The molecule has 0 saturated carbocycles. The van der Waals surface area contributed by atoms with E-state index in [1.54, 1.807) is 55.5 Å². The number of hydrogen-bond donors (Lipinski definition) is 4. The molecule has 15 nitrogen and oxygen atoms in total. The molecule has 0 bridgehead atoms. The first kappa shape index (κ1) is 39.5. The van der Waals surface area contributed by atoms with Crippen LogP contribution in [0, 0.1) is 5.92 Å². The Morgan fingerprint density at radius 2 is 1.53 bits per heavy atom. The molecule has 55 heavy (non-hydrogen) atoms. The minimum Gasteiger partial charge on any atom is -0.461 e. The highest BCUT2D eigenvalue weighted by Crippen LogP contribution is 2.28. The number of fused-ring (bicyclic) bond motifs is 3. The molecule has 6 rings (SSSR count). The van der Waals surface area contributed by atoms with Gasteiger partial charge in [-0.15, -0.1) is 0 Å². The third-order valence-corrected chi connectivity index (χ3v) is 11.0. The molecule has 4 N–H and O–H groups in total. The van der Waals surface area contributed by atoms with Crippen molar-refractivity contribution in [2.24, 2.45) is 5.92 Å². The van der Waals surface area contributed by atoms with Crippen molar-refractivity contribution in [3.8, 4) is 0 Å². The number of carbonyl (C=O) groups excluding carboxylic acids is 7. The molecule has 0 aromatic heterocycles. The second-order valence-electron chi connectivity index (χ2n) is 14.8. The molecular formula is C39H48ClN7O8. The second kappa shape index (κ2) is 17.5. The van der Waals surface area contributed by atoms with E-state index in [9.17, 15) is 33.6 Å². The summed E-state index contributed by atoms with van der Waals surface area (Å²) in [5.41, 5.74) is 1.16. The first-order valence-electron chi connectivity index (χ1n) is 19.0. The van der Waals surface area contributed by atoms with E-state index in [-0.39, 0.29) is 25.4 Å². The highest BCUT2D eigenvalue weighted by Gasteiger charge is 2.46. The van der Waals surface area contributed by atoms with Crippen LogP contribution in [-0.2, 0) is 39.9 Å². The second-order valence-corrected chi connectivity index (χ2v) is 15.3. The Morgan fingerprint density at radius 1 is 0.836 bits per heavy atom. The summed E-state index contributed by atoms with van der Waals surface area (Å²) < 4.78 is 5.73. The summed E-state index contributed by atoms with van der Waals surface area (Å²) in [7, 11) is 0. The van der Waals surface area contributed by atoms with Gasteiger partial charge in [-0.05, 0) is 81.2 Å². The summed E-state index contributed by atoms with van der Waals surface area (Å²) in [6.45, 7) is 3.64. The summed E-state index contributed by atoms with van der Waals surface area (Å²) in [6, 6.07) is 8.40. The van der Waals surface area contributed by atoms with E-state index >= 15 is 0 Å². The van der Waals surface area contributed by atoms with E-state index in [1.165, 1.54) is 14.7 Å². The largest absolute Gasteiger partial charge is 0.461 e. The molecule has 0 radical (unpaired) electrons. The van der Waals surface area contributed by atoms with Crippen LogP contribution >= 0.6 is 11.6 Å². The quantitative estimate of drug-likeness (QED) is 0.322. The topological polar surface area (TPSA) is 187 Å².